The summed E-state index contributed by atoms with van der Waals surface area (Å²) in [6.07, 6.45) is 2.83. The largest absolute Gasteiger partial charge is 0.394 e. The highest BCUT2D eigenvalue weighted by Gasteiger charge is 2.13. The standard InChI is InChI=1S/C10H13ClN6O2/c1-6(9-12-5-13-16-9)15-7-4-14-17(2-3-18)10(19)8(7)11/h4-6,15,18H,2-3H2,1H3,(H,12,13,16). The molecule has 0 saturated heterocycles. The molecule has 8 nitrogen and oxygen atoms in total. The van der Waals surface area contributed by atoms with Crippen LogP contribution in [0, 0.1) is 0 Å². The van der Waals surface area contributed by atoms with E-state index < -0.39 is 5.56 Å². The average molecular weight is 285 g/mol. The van der Waals surface area contributed by atoms with Gasteiger partial charge in [0.05, 0.1) is 31.1 Å². The van der Waals surface area contributed by atoms with Crippen LogP contribution in [0.1, 0.15) is 18.8 Å². The molecule has 1 atom stereocenters. The molecule has 0 amide bonds. The normalized spacial score (nSPS) is 12.4. The maximum atomic E-state index is 11.8. The molecule has 9 heteroatoms. The lowest BCUT2D eigenvalue weighted by Gasteiger charge is -2.14. The lowest BCUT2D eigenvalue weighted by atomic mass is 10.3. The lowest BCUT2D eigenvalue weighted by Crippen LogP contribution is -2.26. The van der Waals surface area contributed by atoms with Crippen LogP contribution in [0.5, 0.6) is 0 Å². The molecule has 2 heterocycles. The van der Waals surface area contributed by atoms with E-state index >= 15 is 0 Å². The fraction of sp³-hybridized carbons (Fsp3) is 0.400. The number of hydrogen-bond donors (Lipinski definition) is 3. The van der Waals surface area contributed by atoms with Gasteiger partial charge in [-0.3, -0.25) is 9.89 Å². The second kappa shape index (κ2) is 5.81. The lowest BCUT2D eigenvalue weighted by molar-refractivity contribution is 0.266. The molecule has 0 aliphatic rings. The summed E-state index contributed by atoms with van der Waals surface area (Å²) >= 11 is 5.98. The molecular weight excluding hydrogens is 272 g/mol. The fourth-order valence-corrected chi connectivity index (χ4v) is 1.75. The Morgan fingerprint density at radius 2 is 2.42 bits per heavy atom. The average Bonchev–Trinajstić information content (AvgIpc) is 2.92. The zero-order chi connectivity index (χ0) is 13.8. The van der Waals surface area contributed by atoms with Crippen LogP contribution in [0.2, 0.25) is 5.02 Å². The summed E-state index contributed by atoms with van der Waals surface area (Å²) in [7, 11) is 0. The molecule has 3 N–H and O–H groups in total. The third-order valence-corrected chi connectivity index (χ3v) is 2.88. The summed E-state index contributed by atoms with van der Waals surface area (Å²) in [5.41, 5.74) is -0.0461. The number of halogens is 1. The van der Waals surface area contributed by atoms with Crippen molar-refractivity contribution in [3.8, 4) is 0 Å². The Balaban J connectivity index is 2.22. The molecule has 0 fully saturated rings. The molecule has 0 saturated carbocycles. The number of anilines is 1. The van der Waals surface area contributed by atoms with Crippen molar-refractivity contribution in [2.24, 2.45) is 0 Å². The van der Waals surface area contributed by atoms with Gasteiger partial charge in [-0.1, -0.05) is 11.6 Å². The SMILES string of the molecule is CC(Nc1cnn(CCO)c(=O)c1Cl)c1ncn[nH]1. The molecule has 102 valence electrons. The van der Waals surface area contributed by atoms with E-state index in [4.69, 9.17) is 16.7 Å². The van der Waals surface area contributed by atoms with Crippen molar-refractivity contribution < 1.29 is 5.11 Å². The quantitative estimate of drug-likeness (QED) is 0.723. The minimum Gasteiger partial charge on any atom is -0.394 e. The Morgan fingerprint density at radius 1 is 1.63 bits per heavy atom. The molecule has 0 aliphatic heterocycles. The summed E-state index contributed by atoms with van der Waals surface area (Å²) in [5, 5.41) is 22.2. The van der Waals surface area contributed by atoms with E-state index in [1.54, 1.807) is 0 Å². The van der Waals surface area contributed by atoms with Crippen LogP contribution in [0.4, 0.5) is 5.69 Å². The van der Waals surface area contributed by atoms with Crippen LogP contribution in [-0.4, -0.2) is 36.7 Å². The number of aliphatic hydroxyl groups is 1. The minimum absolute atomic E-state index is 0.0230. The van der Waals surface area contributed by atoms with E-state index in [9.17, 15) is 4.79 Å². The highest BCUT2D eigenvalue weighted by atomic mass is 35.5. The molecule has 0 bridgehead atoms. The number of hydrogen-bond acceptors (Lipinski definition) is 6. The van der Waals surface area contributed by atoms with E-state index in [0.29, 0.717) is 11.5 Å². The van der Waals surface area contributed by atoms with Crippen LogP contribution in [-0.2, 0) is 6.54 Å². The maximum Gasteiger partial charge on any atom is 0.287 e. The van der Waals surface area contributed by atoms with Gasteiger partial charge in [-0.25, -0.2) is 9.67 Å². The zero-order valence-corrected chi connectivity index (χ0v) is 10.9. The van der Waals surface area contributed by atoms with Crippen molar-refractivity contribution >= 4 is 17.3 Å². The van der Waals surface area contributed by atoms with Crippen molar-refractivity contribution in [3.63, 3.8) is 0 Å². The summed E-state index contributed by atoms with van der Waals surface area (Å²) < 4.78 is 1.10. The molecule has 0 spiro atoms. The number of aromatic amines is 1. The molecule has 1 unspecified atom stereocenters. The molecular formula is C10H13ClN6O2. The first-order valence-corrected chi connectivity index (χ1v) is 5.99. The predicted octanol–water partition coefficient (Wildman–Crippen LogP) is 0.180. The molecule has 19 heavy (non-hydrogen) atoms. The number of nitrogens with one attached hydrogen (secondary N) is 2. The van der Waals surface area contributed by atoms with E-state index in [-0.39, 0.29) is 24.2 Å². The van der Waals surface area contributed by atoms with Gasteiger partial charge >= 0.3 is 0 Å². The molecule has 0 aliphatic carbocycles. The highest BCUT2D eigenvalue weighted by molar-refractivity contribution is 6.32. The van der Waals surface area contributed by atoms with Gasteiger partial charge in [-0.15, -0.1) is 0 Å². The highest BCUT2D eigenvalue weighted by Crippen LogP contribution is 2.20. The van der Waals surface area contributed by atoms with E-state index in [0.717, 1.165) is 4.68 Å². The van der Waals surface area contributed by atoms with Crippen molar-refractivity contribution in [1.29, 1.82) is 0 Å². The smallest absolute Gasteiger partial charge is 0.287 e. The third kappa shape index (κ3) is 2.91. The monoisotopic (exact) mass is 284 g/mol. The van der Waals surface area contributed by atoms with Gasteiger partial charge in [0.25, 0.3) is 5.56 Å². The topological polar surface area (TPSA) is 109 Å². The van der Waals surface area contributed by atoms with Crippen molar-refractivity contribution in [2.45, 2.75) is 19.5 Å². The minimum atomic E-state index is -0.453. The van der Waals surface area contributed by atoms with Gasteiger partial charge < -0.3 is 10.4 Å². The molecule has 2 aromatic rings. The van der Waals surface area contributed by atoms with Gasteiger partial charge in [-0.2, -0.15) is 10.2 Å². The Bertz CT molecular complexity index is 597. The van der Waals surface area contributed by atoms with Gasteiger partial charge in [0, 0.05) is 0 Å². The van der Waals surface area contributed by atoms with E-state index in [1.807, 2.05) is 6.92 Å². The van der Waals surface area contributed by atoms with Crippen molar-refractivity contribution in [2.75, 3.05) is 11.9 Å². The zero-order valence-electron chi connectivity index (χ0n) is 10.2. The first-order valence-electron chi connectivity index (χ1n) is 5.61. The van der Waals surface area contributed by atoms with Crippen LogP contribution in [0.15, 0.2) is 17.3 Å². The Labute approximate surface area is 113 Å². The van der Waals surface area contributed by atoms with E-state index in [1.165, 1.54) is 12.5 Å². The maximum absolute atomic E-state index is 11.8. The number of H-pyrrole nitrogens is 1. The molecule has 0 aromatic carbocycles. The molecule has 2 aromatic heterocycles. The predicted molar refractivity (Wildman–Crippen MR) is 69.0 cm³/mol. The summed E-state index contributed by atoms with van der Waals surface area (Å²) in [4.78, 5) is 15.8. The Morgan fingerprint density at radius 3 is 3.05 bits per heavy atom. The Kier molecular flexibility index (Phi) is 4.13. The summed E-state index contributed by atoms with van der Waals surface area (Å²) in [5.74, 6) is 0.621. The number of nitrogens with zero attached hydrogens (tertiary/aromatic N) is 4. The first kappa shape index (κ1) is 13.5. The van der Waals surface area contributed by atoms with E-state index in [2.05, 4.69) is 25.6 Å². The molecule has 2 rings (SSSR count). The van der Waals surface area contributed by atoms with Crippen LogP contribution < -0.4 is 10.9 Å². The first-order chi connectivity index (χ1) is 9.13. The Hall–Kier alpha value is -1.93. The van der Waals surface area contributed by atoms with Gasteiger partial charge in [0.15, 0.2) is 0 Å². The van der Waals surface area contributed by atoms with Crippen LogP contribution in [0.3, 0.4) is 0 Å². The van der Waals surface area contributed by atoms with Crippen LogP contribution in [0.25, 0.3) is 0 Å². The molecule has 0 radical (unpaired) electrons. The number of aromatic nitrogens is 5. The number of aliphatic hydroxyl groups excluding tert-OH is 1. The van der Waals surface area contributed by atoms with Gasteiger partial charge in [0.2, 0.25) is 0 Å². The van der Waals surface area contributed by atoms with Crippen molar-refractivity contribution in [1.82, 2.24) is 25.0 Å². The van der Waals surface area contributed by atoms with Crippen LogP contribution >= 0.6 is 11.6 Å². The second-order valence-corrected chi connectivity index (χ2v) is 4.24. The van der Waals surface area contributed by atoms with Crippen molar-refractivity contribution in [3.05, 3.63) is 33.7 Å². The third-order valence-electron chi connectivity index (χ3n) is 2.51. The fourth-order valence-electron chi connectivity index (χ4n) is 1.54. The summed E-state index contributed by atoms with van der Waals surface area (Å²) in [6, 6.07) is -0.199. The van der Waals surface area contributed by atoms with Gasteiger partial charge in [-0.05, 0) is 6.92 Å². The summed E-state index contributed by atoms with van der Waals surface area (Å²) in [6.45, 7) is 1.77. The number of rotatable bonds is 5. The van der Waals surface area contributed by atoms with Gasteiger partial charge in [0.1, 0.15) is 17.2 Å². The second-order valence-electron chi connectivity index (χ2n) is 3.86.